The molecule has 2 aromatic carbocycles. The Morgan fingerprint density at radius 2 is 1.81 bits per heavy atom. The maximum absolute atomic E-state index is 12.5. The maximum atomic E-state index is 12.5. The van der Waals surface area contributed by atoms with Crippen LogP contribution in [0.15, 0.2) is 40.9 Å². The molecule has 2 aromatic rings. The van der Waals surface area contributed by atoms with Crippen LogP contribution in [0.1, 0.15) is 21.5 Å². The first-order valence-electron chi connectivity index (χ1n) is 5.96. The van der Waals surface area contributed by atoms with Gasteiger partial charge in [-0.2, -0.15) is 0 Å². The van der Waals surface area contributed by atoms with Crippen molar-refractivity contribution < 1.29 is 14.7 Å². The average Bonchev–Trinajstić information content (AvgIpc) is 2.42. The van der Waals surface area contributed by atoms with E-state index in [9.17, 15) is 14.7 Å². The SMILES string of the molecule is Nc1c(CC(=O)[O-])cc(Cl)cc1C(=O)c1ccc(Br)cc1. The Hall–Kier alpha value is -1.85. The summed E-state index contributed by atoms with van der Waals surface area (Å²) in [5.41, 5.74) is 6.88. The van der Waals surface area contributed by atoms with E-state index in [2.05, 4.69) is 15.9 Å². The predicted molar refractivity (Wildman–Crippen MR) is 82.1 cm³/mol. The van der Waals surface area contributed by atoms with E-state index >= 15 is 0 Å². The smallest absolute Gasteiger partial charge is 0.195 e. The lowest BCUT2D eigenvalue weighted by molar-refractivity contribution is -0.304. The number of halogens is 2. The number of hydrogen-bond acceptors (Lipinski definition) is 4. The van der Waals surface area contributed by atoms with Gasteiger partial charge in [0.15, 0.2) is 5.78 Å². The molecule has 4 nitrogen and oxygen atoms in total. The van der Waals surface area contributed by atoms with Gasteiger partial charge in [-0.05, 0) is 42.0 Å². The van der Waals surface area contributed by atoms with E-state index in [4.69, 9.17) is 17.3 Å². The van der Waals surface area contributed by atoms with E-state index in [0.717, 1.165) is 4.47 Å². The highest BCUT2D eigenvalue weighted by molar-refractivity contribution is 9.10. The van der Waals surface area contributed by atoms with Gasteiger partial charge in [-0.3, -0.25) is 4.79 Å². The zero-order chi connectivity index (χ0) is 15.6. The Balaban J connectivity index is 2.47. The first-order chi connectivity index (χ1) is 9.88. The van der Waals surface area contributed by atoms with Gasteiger partial charge in [0.2, 0.25) is 0 Å². The Morgan fingerprint density at radius 1 is 1.19 bits per heavy atom. The van der Waals surface area contributed by atoms with Gasteiger partial charge < -0.3 is 15.6 Å². The standard InChI is InChI=1S/C15H11BrClNO3/c16-10-3-1-8(2-4-10)15(21)12-7-11(17)5-9(14(12)18)6-13(19)20/h1-5,7H,6,18H2,(H,19,20)/p-1. The molecule has 0 aliphatic carbocycles. The number of carbonyl (C=O) groups is 2. The number of carboxylic acids is 1. The van der Waals surface area contributed by atoms with E-state index in [-0.39, 0.29) is 27.6 Å². The van der Waals surface area contributed by atoms with Crippen LogP contribution in [0.3, 0.4) is 0 Å². The van der Waals surface area contributed by atoms with Crippen LogP contribution < -0.4 is 10.8 Å². The lowest BCUT2D eigenvalue weighted by Crippen LogP contribution is -2.25. The Morgan fingerprint density at radius 3 is 2.38 bits per heavy atom. The van der Waals surface area contributed by atoms with Gasteiger partial charge in [0.05, 0.1) is 0 Å². The van der Waals surface area contributed by atoms with Gasteiger partial charge in [-0.1, -0.05) is 27.5 Å². The minimum atomic E-state index is -1.29. The average molecular weight is 368 g/mol. The number of nitrogens with two attached hydrogens (primary N) is 1. The number of carbonyl (C=O) groups excluding carboxylic acids is 2. The molecule has 21 heavy (non-hydrogen) atoms. The molecule has 0 spiro atoms. The second-order valence-corrected chi connectivity index (χ2v) is 5.76. The van der Waals surface area contributed by atoms with Crippen molar-refractivity contribution in [2.75, 3.05) is 5.73 Å². The van der Waals surface area contributed by atoms with E-state index in [1.165, 1.54) is 12.1 Å². The summed E-state index contributed by atoms with van der Waals surface area (Å²) in [4.78, 5) is 23.2. The number of carboxylic acid groups (broad SMARTS) is 1. The number of rotatable bonds is 4. The van der Waals surface area contributed by atoms with Crippen molar-refractivity contribution >= 4 is 45.0 Å². The molecular weight excluding hydrogens is 358 g/mol. The summed E-state index contributed by atoms with van der Waals surface area (Å²) in [6.45, 7) is 0. The monoisotopic (exact) mass is 366 g/mol. The van der Waals surface area contributed by atoms with Gasteiger partial charge in [-0.25, -0.2) is 0 Å². The predicted octanol–water partition coefficient (Wildman–Crippen LogP) is 2.21. The van der Waals surface area contributed by atoms with Gasteiger partial charge in [0.1, 0.15) is 0 Å². The molecule has 0 aliphatic rings. The molecule has 0 radical (unpaired) electrons. The number of ketones is 1. The minimum Gasteiger partial charge on any atom is -0.550 e. The van der Waals surface area contributed by atoms with E-state index < -0.39 is 12.4 Å². The van der Waals surface area contributed by atoms with Crippen LogP contribution in [-0.2, 0) is 11.2 Å². The molecule has 2 N–H and O–H groups in total. The molecule has 0 fully saturated rings. The van der Waals surface area contributed by atoms with Crippen LogP contribution in [0.4, 0.5) is 5.69 Å². The Labute approximate surface area is 134 Å². The maximum Gasteiger partial charge on any atom is 0.195 e. The van der Waals surface area contributed by atoms with Crippen molar-refractivity contribution in [2.24, 2.45) is 0 Å². The zero-order valence-corrected chi connectivity index (χ0v) is 13.1. The normalized spacial score (nSPS) is 10.4. The van der Waals surface area contributed by atoms with Gasteiger partial charge >= 0.3 is 0 Å². The van der Waals surface area contributed by atoms with Gasteiger partial charge in [0.25, 0.3) is 0 Å². The first kappa shape index (κ1) is 15.5. The molecule has 0 atom stereocenters. The summed E-state index contributed by atoms with van der Waals surface area (Å²) in [5.74, 6) is -1.60. The highest BCUT2D eigenvalue weighted by Gasteiger charge is 2.16. The molecule has 2 rings (SSSR count). The van der Waals surface area contributed by atoms with Crippen molar-refractivity contribution in [2.45, 2.75) is 6.42 Å². The van der Waals surface area contributed by atoms with Crippen LogP contribution in [0.25, 0.3) is 0 Å². The van der Waals surface area contributed by atoms with Crippen LogP contribution in [-0.4, -0.2) is 11.8 Å². The van der Waals surface area contributed by atoms with Crippen molar-refractivity contribution in [3.63, 3.8) is 0 Å². The molecule has 108 valence electrons. The second-order valence-electron chi connectivity index (χ2n) is 4.41. The fraction of sp³-hybridized carbons (Fsp3) is 0.0667. The molecule has 0 aromatic heterocycles. The molecule has 0 unspecified atom stereocenters. The molecule has 0 aliphatic heterocycles. The molecule has 0 amide bonds. The fourth-order valence-corrected chi connectivity index (χ4v) is 2.43. The summed E-state index contributed by atoms with van der Waals surface area (Å²) < 4.78 is 0.843. The quantitative estimate of drug-likeness (QED) is 0.663. The Kier molecular flexibility index (Phi) is 4.65. The Bertz CT molecular complexity index is 714. The molecule has 0 bridgehead atoms. The third-order valence-electron chi connectivity index (χ3n) is 2.92. The van der Waals surface area contributed by atoms with Gasteiger partial charge in [-0.15, -0.1) is 0 Å². The summed E-state index contributed by atoms with van der Waals surface area (Å²) >= 11 is 9.22. The van der Waals surface area contributed by atoms with E-state index in [1.54, 1.807) is 24.3 Å². The number of benzene rings is 2. The number of hydrogen-bond donors (Lipinski definition) is 1. The fourth-order valence-electron chi connectivity index (χ4n) is 1.92. The lowest BCUT2D eigenvalue weighted by Gasteiger charge is -2.12. The van der Waals surface area contributed by atoms with Crippen LogP contribution in [0, 0.1) is 0 Å². The minimum absolute atomic E-state index is 0.108. The van der Waals surface area contributed by atoms with Crippen LogP contribution in [0.2, 0.25) is 5.02 Å². The van der Waals surface area contributed by atoms with Crippen LogP contribution >= 0.6 is 27.5 Å². The molecule has 6 heteroatoms. The van der Waals surface area contributed by atoms with Crippen molar-refractivity contribution in [3.05, 3.63) is 62.6 Å². The van der Waals surface area contributed by atoms with Crippen molar-refractivity contribution in [1.29, 1.82) is 0 Å². The van der Waals surface area contributed by atoms with E-state index in [0.29, 0.717) is 5.56 Å². The zero-order valence-electron chi connectivity index (χ0n) is 10.7. The second kappa shape index (κ2) is 6.28. The topological polar surface area (TPSA) is 83.2 Å². The van der Waals surface area contributed by atoms with E-state index in [1.807, 2.05) is 0 Å². The van der Waals surface area contributed by atoms with Crippen LogP contribution in [0.5, 0.6) is 0 Å². The summed E-state index contributed by atoms with van der Waals surface area (Å²) in [7, 11) is 0. The first-order valence-corrected chi connectivity index (χ1v) is 7.13. The number of nitrogen functional groups attached to an aromatic ring is 1. The third-order valence-corrected chi connectivity index (χ3v) is 3.66. The summed E-state index contributed by atoms with van der Waals surface area (Å²) in [5, 5.41) is 11.0. The number of anilines is 1. The van der Waals surface area contributed by atoms with Crippen molar-refractivity contribution in [3.8, 4) is 0 Å². The van der Waals surface area contributed by atoms with Crippen molar-refractivity contribution in [1.82, 2.24) is 0 Å². The van der Waals surface area contributed by atoms with Gasteiger partial charge in [0, 0.05) is 38.7 Å². The molecular formula is C15H10BrClNO3-. The number of aliphatic carboxylic acids is 1. The third kappa shape index (κ3) is 3.62. The summed E-state index contributed by atoms with van der Waals surface area (Å²) in [6.07, 6.45) is -0.396. The lowest BCUT2D eigenvalue weighted by atomic mass is 9.98. The highest BCUT2D eigenvalue weighted by atomic mass is 79.9. The largest absolute Gasteiger partial charge is 0.550 e. The molecule has 0 saturated heterocycles. The highest BCUT2D eigenvalue weighted by Crippen LogP contribution is 2.26. The summed E-state index contributed by atoms with van der Waals surface area (Å²) in [6, 6.07) is 9.60. The molecule has 0 heterocycles. The molecule has 0 saturated carbocycles.